The third-order valence-corrected chi connectivity index (χ3v) is 4.87. The predicted octanol–water partition coefficient (Wildman–Crippen LogP) is -3.44. The van der Waals surface area contributed by atoms with Gasteiger partial charge >= 0.3 is 5.97 Å². The van der Waals surface area contributed by atoms with Gasteiger partial charge in [0.05, 0.1) is 18.8 Å². The molecule has 2 aliphatic heterocycles. The SMILES string of the molecule is CO[C@@H]1C(C(=O)O)O[C@@H](OC2[C@H](O)C(CO)O[C@@H](C)[C@H]2NC(C)=O)[C@@H](O)C1O. The highest BCUT2D eigenvalue weighted by molar-refractivity contribution is 5.73. The minimum atomic E-state index is -1.70. The fraction of sp³-hybridized carbons (Fsp3) is 0.875. The Hall–Kier alpha value is -1.38. The molecule has 0 aromatic heterocycles. The largest absolute Gasteiger partial charge is 0.479 e. The smallest absolute Gasteiger partial charge is 0.335 e. The quantitative estimate of drug-likeness (QED) is 0.256. The molecule has 0 saturated carbocycles. The van der Waals surface area contributed by atoms with Crippen LogP contribution in [-0.2, 0) is 28.5 Å². The molecule has 0 aromatic carbocycles. The van der Waals surface area contributed by atoms with Gasteiger partial charge in [0.25, 0.3) is 0 Å². The molecule has 0 bridgehead atoms. The van der Waals surface area contributed by atoms with Crippen molar-refractivity contribution in [3.8, 4) is 0 Å². The number of carboxylic acid groups (broad SMARTS) is 1. The van der Waals surface area contributed by atoms with E-state index in [9.17, 15) is 35.1 Å². The van der Waals surface area contributed by atoms with Crippen molar-refractivity contribution in [1.82, 2.24) is 5.32 Å². The summed E-state index contributed by atoms with van der Waals surface area (Å²) in [5.74, 6) is -1.89. The maximum atomic E-state index is 11.5. The number of hydrogen-bond donors (Lipinski definition) is 6. The van der Waals surface area contributed by atoms with Crippen molar-refractivity contribution in [3.05, 3.63) is 0 Å². The Kier molecular flexibility index (Phi) is 7.70. The summed E-state index contributed by atoms with van der Waals surface area (Å²) in [6, 6.07) is -0.897. The summed E-state index contributed by atoms with van der Waals surface area (Å²) >= 11 is 0. The molecular weight excluding hydrogens is 382 g/mol. The van der Waals surface area contributed by atoms with Crippen molar-refractivity contribution in [2.75, 3.05) is 13.7 Å². The van der Waals surface area contributed by atoms with E-state index in [1.54, 1.807) is 6.92 Å². The van der Waals surface area contributed by atoms with Crippen LogP contribution in [-0.4, -0.2) is 112 Å². The molecule has 4 unspecified atom stereocenters. The van der Waals surface area contributed by atoms with Crippen molar-refractivity contribution >= 4 is 11.9 Å². The zero-order valence-corrected chi connectivity index (χ0v) is 15.7. The molecule has 2 fully saturated rings. The normalized spacial score (nSPS) is 44.1. The lowest BCUT2D eigenvalue weighted by molar-refractivity contribution is -0.327. The Labute approximate surface area is 160 Å². The van der Waals surface area contributed by atoms with E-state index in [0.717, 1.165) is 7.11 Å². The summed E-state index contributed by atoms with van der Waals surface area (Å²) in [6.45, 7) is 2.28. The van der Waals surface area contributed by atoms with Crippen molar-refractivity contribution in [2.45, 2.75) is 75.0 Å². The fourth-order valence-corrected chi connectivity index (χ4v) is 3.45. The molecule has 2 rings (SSSR count). The zero-order valence-electron chi connectivity index (χ0n) is 15.7. The van der Waals surface area contributed by atoms with Crippen LogP contribution < -0.4 is 5.32 Å². The molecule has 0 spiro atoms. The number of aliphatic hydroxyl groups excluding tert-OH is 4. The van der Waals surface area contributed by atoms with Gasteiger partial charge in [-0.1, -0.05) is 0 Å². The van der Waals surface area contributed by atoms with E-state index in [4.69, 9.17) is 18.9 Å². The number of amides is 1. The molecule has 10 atom stereocenters. The zero-order chi connectivity index (χ0) is 21.2. The first-order valence-corrected chi connectivity index (χ1v) is 8.76. The molecule has 2 heterocycles. The van der Waals surface area contributed by atoms with Gasteiger partial charge in [0.15, 0.2) is 12.4 Å². The van der Waals surface area contributed by atoms with Gasteiger partial charge in [0.1, 0.15) is 36.6 Å². The lowest BCUT2D eigenvalue weighted by atomic mass is 9.92. The number of aliphatic hydroxyl groups is 4. The van der Waals surface area contributed by atoms with Crippen LogP contribution in [0.25, 0.3) is 0 Å². The van der Waals surface area contributed by atoms with Crippen LogP contribution in [0.15, 0.2) is 0 Å². The topological polar surface area (TPSA) is 184 Å². The van der Waals surface area contributed by atoms with E-state index in [1.165, 1.54) is 6.92 Å². The van der Waals surface area contributed by atoms with Crippen molar-refractivity contribution in [1.29, 1.82) is 0 Å². The first-order chi connectivity index (χ1) is 13.1. The number of carbonyl (C=O) groups is 2. The van der Waals surface area contributed by atoms with Crippen LogP contribution in [0.1, 0.15) is 13.8 Å². The van der Waals surface area contributed by atoms with E-state index in [0.29, 0.717) is 0 Å². The van der Waals surface area contributed by atoms with E-state index in [-0.39, 0.29) is 0 Å². The third kappa shape index (κ3) is 4.60. The lowest BCUT2D eigenvalue weighted by Gasteiger charge is -2.47. The lowest BCUT2D eigenvalue weighted by Crippen LogP contribution is -2.67. The fourth-order valence-electron chi connectivity index (χ4n) is 3.45. The molecule has 162 valence electrons. The Morgan fingerprint density at radius 2 is 1.71 bits per heavy atom. The first-order valence-electron chi connectivity index (χ1n) is 8.76. The molecular formula is C16H27NO11. The predicted molar refractivity (Wildman–Crippen MR) is 89.0 cm³/mol. The number of hydrogen-bond acceptors (Lipinski definition) is 10. The molecule has 0 aromatic rings. The minimum absolute atomic E-state index is 0.447. The van der Waals surface area contributed by atoms with Crippen LogP contribution >= 0.6 is 0 Å². The highest BCUT2D eigenvalue weighted by atomic mass is 16.7. The first kappa shape index (κ1) is 22.9. The molecule has 1 amide bonds. The average molecular weight is 409 g/mol. The summed E-state index contributed by atoms with van der Waals surface area (Å²) in [6.07, 6.45) is -12.4. The second-order valence-electron chi connectivity index (χ2n) is 6.82. The van der Waals surface area contributed by atoms with Gasteiger partial charge in [0.2, 0.25) is 5.91 Å². The Morgan fingerprint density at radius 3 is 2.21 bits per heavy atom. The maximum absolute atomic E-state index is 11.5. The molecule has 6 N–H and O–H groups in total. The van der Waals surface area contributed by atoms with E-state index in [2.05, 4.69) is 5.32 Å². The Bertz CT molecular complexity index is 561. The van der Waals surface area contributed by atoms with Gasteiger partial charge < -0.3 is 49.8 Å². The summed E-state index contributed by atoms with van der Waals surface area (Å²) in [4.78, 5) is 23.0. The monoisotopic (exact) mass is 409 g/mol. The highest BCUT2D eigenvalue weighted by Gasteiger charge is 2.52. The van der Waals surface area contributed by atoms with Crippen LogP contribution in [0.3, 0.4) is 0 Å². The van der Waals surface area contributed by atoms with Gasteiger partial charge in [0, 0.05) is 14.0 Å². The van der Waals surface area contributed by atoms with Gasteiger partial charge in [-0.25, -0.2) is 4.79 Å². The third-order valence-electron chi connectivity index (χ3n) is 4.87. The van der Waals surface area contributed by atoms with E-state index in [1.807, 2.05) is 0 Å². The highest BCUT2D eigenvalue weighted by Crippen LogP contribution is 2.30. The Morgan fingerprint density at radius 1 is 1.07 bits per heavy atom. The number of ether oxygens (including phenoxy) is 4. The second-order valence-corrected chi connectivity index (χ2v) is 6.82. The number of rotatable bonds is 6. The van der Waals surface area contributed by atoms with Crippen LogP contribution in [0, 0.1) is 0 Å². The molecule has 0 radical (unpaired) electrons. The number of carbonyl (C=O) groups excluding carboxylic acids is 1. The van der Waals surface area contributed by atoms with Gasteiger partial charge in [-0.2, -0.15) is 0 Å². The number of aliphatic carboxylic acids is 1. The number of methoxy groups -OCH3 is 1. The average Bonchev–Trinajstić information content (AvgIpc) is 2.63. The molecule has 12 heteroatoms. The van der Waals surface area contributed by atoms with Crippen molar-refractivity contribution < 1.29 is 54.1 Å². The summed E-state index contributed by atoms with van der Waals surface area (Å²) in [5, 5.41) is 52.2. The minimum Gasteiger partial charge on any atom is -0.479 e. The van der Waals surface area contributed by atoms with Gasteiger partial charge in [-0.3, -0.25) is 4.79 Å². The van der Waals surface area contributed by atoms with Crippen LogP contribution in [0.2, 0.25) is 0 Å². The molecule has 28 heavy (non-hydrogen) atoms. The summed E-state index contributed by atoms with van der Waals surface area (Å²) < 4.78 is 21.2. The van der Waals surface area contributed by atoms with E-state index >= 15 is 0 Å². The number of nitrogens with one attached hydrogen (secondary N) is 1. The standard InChI is InChI=1S/C16H27NO11/c1-5-8(17-6(2)19)12(9(20)7(4-18)26-5)27-16-11(22)10(21)13(25-3)14(28-16)15(23)24/h5,7-14,16,18,20-22H,4H2,1-3H3,(H,17,19)(H,23,24)/t5-,7?,8+,9+,10?,11-,12?,13-,14?,16+/m0/s1. The summed E-state index contributed by atoms with van der Waals surface area (Å²) in [7, 11) is 1.16. The van der Waals surface area contributed by atoms with Gasteiger partial charge in [-0.05, 0) is 6.92 Å². The maximum Gasteiger partial charge on any atom is 0.335 e. The Balaban J connectivity index is 2.26. The molecule has 2 aliphatic rings. The van der Waals surface area contributed by atoms with Crippen molar-refractivity contribution in [2.24, 2.45) is 0 Å². The van der Waals surface area contributed by atoms with E-state index < -0.39 is 79.6 Å². The number of carboxylic acids is 1. The second kappa shape index (κ2) is 9.41. The molecule has 0 aliphatic carbocycles. The van der Waals surface area contributed by atoms with Crippen LogP contribution in [0.4, 0.5) is 0 Å². The molecule has 2 saturated heterocycles. The van der Waals surface area contributed by atoms with Crippen LogP contribution in [0.5, 0.6) is 0 Å². The van der Waals surface area contributed by atoms with Crippen molar-refractivity contribution in [3.63, 3.8) is 0 Å². The van der Waals surface area contributed by atoms with Gasteiger partial charge in [-0.15, -0.1) is 0 Å². The summed E-state index contributed by atoms with van der Waals surface area (Å²) in [5.41, 5.74) is 0. The molecule has 12 nitrogen and oxygen atoms in total.